The number of hydrogen-bond acceptors (Lipinski definition) is 3. The third-order valence-corrected chi connectivity index (χ3v) is 2.22. The van der Waals surface area contributed by atoms with E-state index in [9.17, 15) is 18.0 Å². The fourth-order valence-corrected chi connectivity index (χ4v) is 1.28. The summed E-state index contributed by atoms with van der Waals surface area (Å²) in [7, 11) is 0. The summed E-state index contributed by atoms with van der Waals surface area (Å²) in [5.41, 5.74) is -0.319. The van der Waals surface area contributed by atoms with Crippen LogP contribution in [0, 0.1) is 11.3 Å². The van der Waals surface area contributed by atoms with Crippen LogP contribution in [-0.2, 0) is 11.0 Å². The first kappa shape index (κ1) is 14.8. The van der Waals surface area contributed by atoms with E-state index in [4.69, 9.17) is 5.26 Å². The highest BCUT2D eigenvalue weighted by Crippen LogP contribution is 2.29. The van der Waals surface area contributed by atoms with Crippen LogP contribution >= 0.6 is 0 Å². The number of carbonyl (C=O) groups is 1. The number of alkyl halides is 3. The van der Waals surface area contributed by atoms with Crippen LogP contribution in [0.4, 0.5) is 18.9 Å². The lowest BCUT2D eigenvalue weighted by atomic mass is 10.2. The summed E-state index contributed by atoms with van der Waals surface area (Å²) in [6, 6.07) is 6.27. The van der Waals surface area contributed by atoms with Crippen LogP contribution in [0.2, 0.25) is 0 Å². The minimum atomic E-state index is -4.37. The Morgan fingerprint density at radius 3 is 2.42 bits per heavy atom. The summed E-state index contributed by atoms with van der Waals surface area (Å²) in [6.07, 6.45) is -4.15. The zero-order valence-electron chi connectivity index (χ0n) is 9.92. The Morgan fingerprint density at radius 2 is 1.89 bits per heavy atom. The molecule has 2 N–H and O–H groups in total. The van der Waals surface area contributed by atoms with Gasteiger partial charge >= 0.3 is 6.18 Å². The Bertz CT molecular complexity index is 463. The molecule has 0 unspecified atom stereocenters. The molecule has 0 aliphatic rings. The van der Waals surface area contributed by atoms with Gasteiger partial charge in [0.25, 0.3) is 0 Å². The normalized spacial score (nSPS) is 10.6. The number of benzene rings is 1. The maximum Gasteiger partial charge on any atom is 0.416 e. The van der Waals surface area contributed by atoms with Gasteiger partial charge in [-0.25, -0.2) is 0 Å². The summed E-state index contributed by atoms with van der Waals surface area (Å²) in [4.78, 5) is 11.3. The number of nitrogens with zero attached hydrogens (tertiary/aromatic N) is 1. The first-order valence-corrected chi connectivity index (χ1v) is 5.48. The number of rotatable bonds is 5. The fourth-order valence-electron chi connectivity index (χ4n) is 1.28. The summed E-state index contributed by atoms with van der Waals surface area (Å²) in [5.74, 6) is -0.324. The Kier molecular flexibility index (Phi) is 5.18. The molecule has 0 fully saturated rings. The van der Waals surface area contributed by atoms with Gasteiger partial charge in [0.1, 0.15) is 0 Å². The van der Waals surface area contributed by atoms with Crippen molar-refractivity contribution in [2.45, 2.75) is 12.6 Å². The molecule has 0 atom stereocenters. The molecule has 0 saturated heterocycles. The van der Waals surface area contributed by atoms with Crippen LogP contribution in [-0.4, -0.2) is 19.0 Å². The molecule has 0 heterocycles. The van der Waals surface area contributed by atoms with Crippen LogP contribution in [0.15, 0.2) is 24.3 Å². The van der Waals surface area contributed by atoms with Crippen LogP contribution in [0.1, 0.15) is 12.0 Å². The maximum atomic E-state index is 12.3. The number of nitriles is 1. The molecule has 0 radical (unpaired) electrons. The van der Waals surface area contributed by atoms with E-state index in [1.807, 2.05) is 6.07 Å². The first-order chi connectivity index (χ1) is 8.93. The number of anilines is 1. The van der Waals surface area contributed by atoms with Crippen molar-refractivity contribution in [2.75, 3.05) is 18.4 Å². The van der Waals surface area contributed by atoms with Crippen molar-refractivity contribution in [1.82, 2.24) is 5.32 Å². The summed E-state index contributed by atoms with van der Waals surface area (Å²) < 4.78 is 36.9. The average Bonchev–Trinajstić information content (AvgIpc) is 2.36. The van der Waals surface area contributed by atoms with Gasteiger partial charge in [0.15, 0.2) is 0 Å². The van der Waals surface area contributed by atoms with E-state index < -0.39 is 11.7 Å². The molecule has 0 bridgehead atoms. The van der Waals surface area contributed by atoms with Crippen molar-refractivity contribution in [3.05, 3.63) is 29.8 Å². The highest BCUT2D eigenvalue weighted by atomic mass is 19.4. The topological polar surface area (TPSA) is 64.9 Å². The molecule has 0 aliphatic carbocycles. The Hall–Kier alpha value is -2.23. The smallest absolute Gasteiger partial charge is 0.376 e. The second-order valence-corrected chi connectivity index (χ2v) is 3.69. The predicted molar refractivity (Wildman–Crippen MR) is 63.2 cm³/mol. The quantitative estimate of drug-likeness (QED) is 0.806. The number of hydrogen-bond donors (Lipinski definition) is 2. The highest BCUT2D eigenvalue weighted by Gasteiger charge is 2.29. The van der Waals surface area contributed by atoms with E-state index >= 15 is 0 Å². The standard InChI is InChI=1S/C12H12F3N3O/c13-12(14,15)9-2-4-10(5-3-9)18-8-11(19)17-7-1-6-16/h2-5,18H,1,7-8H2,(H,17,19). The number of amides is 1. The Morgan fingerprint density at radius 1 is 1.26 bits per heavy atom. The second kappa shape index (κ2) is 6.64. The third-order valence-electron chi connectivity index (χ3n) is 2.22. The molecule has 0 saturated carbocycles. The van der Waals surface area contributed by atoms with Gasteiger partial charge in [0, 0.05) is 12.2 Å². The van der Waals surface area contributed by atoms with Crippen molar-refractivity contribution in [3.8, 4) is 6.07 Å². The third kappa shape index (κ3) is 5.29. The molecule has 0 spiro atoms. The zero-order valence-corrected chi connectivity index (χ0v) is 9.92. The lowest BCUT2D eigenvalue weighted by Gasteiger charge is -2.09. The molecular weight excluding hydrogens is 259 g/mol. The van der Waals surface area contributed by atoms with Gasteiger partial charge in [0.2, 0.25) is 5.91 Å². The molecule has 1 aromatic rings. The SMILES string of the molecule is N#CCCNC(=O)CNc1ccc(C(F)(F)F)cc1. The number of nitrogens with one attached hydrogen (secondary N) is 2. The van der Waals surface area contributed by atoms with E-state index in [0.29, 0.717) is 5.69 Å². The molecule has 102 valence electrons. The molecule has 4 nitrogen and oxygen atoms in total. The summed E-state index contributed by atoms with van der Waals surface area (Å²) in [5, 5.41) is 13.4. The molecule has 1 aromatic carbocycles. The number of halogens is 3. The average molecular weight is 271 g/mol. The Labute approximate surface area is 108 Å². The summed E-state index contributed by atoms with van der Waals surface area (Å²) in [6.45, 7) is 0.195. The molecule has 7 heteroatoms. The lowest BCUT2D eigenvalue weighted by molar-refractivity contribution is -0.137. The largest absolute Gasteiger partial charge is 0.416 e. The first-order valence-electron chi connectivity index (χ1n) is 5.48. The van der Waals surface area contributed by atoms with Crippen LogP contribution in [0.3, 0.4) is 0 Å². The Balaban J connectivity index is 2.42. The van der Waals surface area contributed by atoms with Crippen molar-refractivity contribution in [2.24, 2.45) is 0 Å². The van der Waals surface area contributed by atoms with Crippen molar-refractivity contribution >= 4 is 11.6 Å². The lowest BCUT2D eigenvalue weighted by Crippen LogP contribution is -2.30. The van der Waals surface area contributed by atoms with Gasteiger partial charge in [0.05, 0.1) is 24.6 Å². The van der Waals surface area contributed by atoms with Crippen LogP contribution < -0.4 is 10.6 Å². The van der Waals surface area contributed by atoms with E-state index in [2.05, 4.69) is 10.6 Å². The van der Waals surface area contributed by atoms with Gasteiger partial charge < -0.3 is 10.6 Å². The maximum absolute atomic E-state index is 12.3. The van der Waals surface area contributed by atoms with Gasteiger partial charge in [-0.2, -0.15) is 18.4 Å². The minimum absolute atomic E-state index is 0.0587. The minimum Gasteiger partial charge on any atom is -0.376 e. The van der Waals surface area contributed by atoms with E-state index in [1.54, 1.807) is 0 Å². The monoisotopic (exact) mass is 271 g/mol. The van der Waals surface area contributed by atoms with Crippen LogP contribution in [0.25, 0.3) is 0 Å². The van der Waals surface area contributed by atoms with E-state index in [0.717, 1.165) is 12.1 Å². The summed E-state index contributed by atoms with van der Waals surface area (Å²) >= 11 is 0. The fraction of sp³-hybridized carbons (Fsp3) is 0.333. The number of carbonyl (C=O) groups excluding carboxylic acids is 1. The van der Waals surface area contributed by atoms with Gasteiger partial charge in [-0.3, -0.25) is 4.79 Å². The molecular formula is C12H12F3N3O. The van der Waals surface area contributed by atoms with E-state index in [-0.39, 0.29) is 25.4 Å². The highest BCUT2D eigenvalue weighted by molar-refractivity contribution is 5.80. The van der Waals surface area contributed by atoms with Crippen molar-refractivity contribution < 1.29 is 18.0 Å². The molecule has 0 aliphatic heterocycles. The van der Waals surface area contributed by atoms with Gasteiger partial charge in [-0.05, 0) is 24.3 Å². The molecule has 0 aromatic heterocycles. The van der Waals surface area contributed by atoms with Gasteiger partial charge in [-0.1, -0.05) is 0 Å². The molecule has 19 heavy (non-hydrogen) atoms. The predicted octanol–water partition coefficient (Wildman–Crippen LogP) is 2.15. The second-order valence-electron chi connectivity index (χ2n) is 3.69. The van der Waals surface area contributed by atoms with Gasteiger partial charge in [-0.15, -0.1) is 0 Å². The van der Waals surface area contributed by atoms with E-state index in [1.165, 1.54) is 12.1 Å². The molecule has 1 amide bonds. The van der Waals surface area contributed by atoms with Crippen molar-refractivity contribution in [1.29, 1.82) is 5.26 Å². The molecule has 1 rings (SSSR count). The zero-order chi connectivity index (χ0) is 14.3. The van der Waals surface area contributed by atoms with Crippen molar-refractivity contribution in [3.63, 3.8) is 0 Å². The van der Waals surface area contributed by atoms with Crippen LogP contribution in [0.5, 0.6) is 0 Å².